The van der Waals surface area contributed by atoms with E-state index in [1.807, 2.05) is 30.5 Å². The minimum Gasteiger partial charge on any atom is -0.368 e. The smallest absolute Gasteiger partial charge is 0.167 e. The lowest BCUT2D eigenvalue weighted by Crippen LogP contribution is -2.42. The number of fused-ring (bicyclic) bond motifs is 1. The van der Waals surface area contributed by atoms with Gasteiger partial charge in [-0.3, -0.25) is 4.57 Å². The lowest BCUT2D eigenvalue weighted by Gasteiger charge is -2.32. The summed E-state index contributed by atoms with van der Waals surface area (Å²) in [5, 5.41) is 9.23. The van der Waals surface area contributed by atoms with Gasteiger partial charge in [0.15, 0.2) is 5.65 Å². The number of hydrogen-bond donors (Lipinski definition) is 1. The Morgan fingerprint density at radius 2 is 1.76 bits per heavy atom. The average molecular weight is 435 g/mol. The number of nitrogens with two attached hydrogens (primary N) is 1. The standard InChI is InChI=1S/C27H26N6/c28-16-18-3-5-21(6-4-18)26-31-25-24(32-15-1-2-22(29)17-32)13-14-30-27(25)33(26)23-11-9-20(10-12-23)19-7-8-19/h3-6,9-14,19,22H,1-2,7-8,15,17,29H2/t22-/m1/s1. The molecular weight excluding hydrogens is 408 g/mol. The molecule has 2 aliphatic rings. The van der Waals surface area contributed by atoms with Gasteiger partial charge in [0.2, 0.25) is 0 Å². The number of piperidine rings is 1. The van der Waals surface area contributed by atoms with E-state index in [1.165, 1.54) is 18.4 Å². The van der Waals surface area contributed by atoms with Crippen LogP contribution in [0.15, 0.2) is 60.8 Å². The second kappa shape index (κ2) is 8.02. The Hall–Kier alpha value is -3.69. The van der Waals surface area contributed by atoms with Crippen molar-refractivity contribution in [1.82, 2.24) is 14.5 Å². The molecule has 164 valence electrons. The van der Waals surface area contributed by atoms with E-state index in [9.17, 15) is 5.26 Å². The molecule has 0 bridgehead atoms. The molecule has 2 N–H and O–H groups in total. The first-order valence-corrected chi connectivity index (χ1v) is 11.7. The number of benzene rings is 2. The number of aromatic nitrogens is 3. The summed E-state index contributed by atoms with van der Waals surface area (Å²) in [6.07, 6.45) is 6.58. The summed E-state index contributed by atoms with van der Waals surface area (Å²) in [6.45, 7) is 1.80. The van der Waals surface area contributed by atoms with Gasteiger partial charge in [-0.05, 0) is 79.6 Å². The summed E-state index contributed by atoms with van der Waals surface area (Å²) >= 11 is 0. The quantitative estimate of drug-likeness (QED) is 0.500. The number of pyridine rings is 1. The molecule has 1 aliphatic heterocycles. The summed E-state index contributed by atoms with van der Waals surface area (Å²) in [6, 6.07) is 20.8. The van der Waals surface area contributed by atoms with Gasteiger partial charge >= 0.3 is 0 Å². The van der Waals surface area contributed by atoms with Crippen molar-refractivity contribution in [3.05, 3.63) is 71.9 Å². The van der Waals surface area contributed by atoms with E-state index >= 15 is 0 Å². The fourth-order valence-corrected chi connectivity index (χ4v) is 4.89. The molecule has 0 amide bonds. The summed E-state index contributed by atoms with van der Waals surface area (Å²) in [5.41, 5.74) is 13.1. The van der Waals surface area contributed by atoms with Crippen LogP contribution >= 0.6 is 0 Å². The number of anilines is 1. The monoisotopic (exact) mass is 434 g/mol. The number of hydrogen-bond acceptors (Lipinski definition) is 5. The van der Waals surface area contributed by atoms with Gasteiger partial charge in [-0.15, -0.1) is 0 Å². The topological polar surface area (TPSA) is 83.8 Å². The number of nitriles is 1. The Labute approximate surface area is 193 Å². The Balaban J connectivity index is 1.53. The summed E-state index contributed by atoms with van der Waals surface area (Å²) in [7, 11) is 0. The maximum Gasteiger partial charge on any atom is 0.167 e. The molecule has 2 fully saturated rings. The zero-order valence-electron chi connectivity index (χ0n) is 18.5. The maximum absolute atomic E-state index is 9.23. The molecule has 2 aromatic carbocycles. The first-order chi connectivity index (χ1) is 16.2. The highest BCUT2D eigenvalue weighted by molar-refractivity contribution is 5.90. The van der Waals surface area contributed by atoms with Gasteiger partial charge in [0.25, 0.3) is 0 Å². The Kier molecular flexibility index (Phi) is 4.85. The lowest BCUT2D eigenvalue weighted by molar-refractivity contribution is 0.507. The van der Waals surface area contributed by atoms with Crippen LogP contribution < -0.4 is 10.6 Å². The Morgan fingerprint density at radius 3 is 2.45 bits per heavy atom. The molecule has 1 saturated heterocycles. The van der Waals surface area contributed by atoms with Gasteiger partial charge in [0.05, 0.1) is 17.3 Å². The van der Waals surface area contributed by atoms with Crippen LogP contribution in [0.4, 0.5) is 5.69 Å². The molecule has 3 heterocycles. The highest BCUT2D eigenvalue weighted by Crippen LogP contribution is 2.40. The van der Waals surface area contributed by atoms with Crippen molar-refractivity contribution in [2.75, 3.05) is 18.0 Å². The normalized spacial score (nSPS) is 18.4. The third kappa shape index (κ3) is 3.65. The van der Waals surface area contributed by atoms with Crippen molar-refractivity contribution in [2.45, 2.75) is 37.6 Å². The van der Waals surface area contributed by atoms with E-state index in [-0.39, 0.29) is 6.04 Å². The molecule has 0 spiro atoms. The van der Waals surface area contributed by atoms with Crippen LogP contribution in [0.3, 0.4) is 0 Å². The third-order valence-electron chi connectivity index (χ3n) is 6.80. The van der Waals surface area contributed by atoms with Crippen LogP contribution in [0.5, 0.6) is 0 Å². The number of imidazole rings is 1. The second-order valence-corrected chi connectivity index (χ2v) is 9.18. The van der Waals surface area contributed by atoms with Crippen molar-refractivity contribution >= 4 is 16.9 Å². The van der Waals surface area contributed by atoms with E-state index in [0.717, 1.165) is 59.9 Å². The summed E-state index contributed by atoms with van der Waals surface area (Å²) in [5.74, 6) is 1.54. The van der Waals surface area contributed by atoms with Crippen LogP contribution in [-0.2, 0) is 0 Å². The van der Waals surface area contributed by atoms with Crippen LogP contribution in [0.25, 0.3) is 28.2 Å². The predicted octanol–water partition coefficient (Wildman–Crippen LogP) is 4.76. The lowest BCUT2D eigenvalue weighted by atomic mass is 10.1. The fraction of sp³-hybridized carbons (Fsp3) is 0.296. The first kappa shape index (κ1) is 20.0. The van der Waals surface area contributed by atoms with Crippen molar-refractivity contribution in [1.29, 1.82) is 5.26 Å². The number of nitrogens with zero attached hydrogens (tertiary/aromatic N) is 5. The maximum atomic E-state index is 9.23. The minimum absolute atomic E-state index is 0.178. The van der Waals surface area contributed by atoms with Crippen LogP contribution in [0.2, 0.25) is 0 Å². The molecule has 6 nitrogen and oxygen atoms in total. The molecule has 1 saturated carbocycles. The largest absolute Gasteiger partial charge is 0.368 e. The van der Waals surface area contributed by atoms with Gasteiger partial charge in [-0.25, -0.2) is 9.97 Å². The second-order valence-electron chi connectivity index (χ2n) is 9.18. The van der Waals surface area contributed by atoms with Crippen molar-refractivity contribution in [3.8, 4) is 23.1 Å². The minimum atomic E-state index is 0.178. The average Bonchev–Trinajstić information content (AvgIpc) is 3.64. The van der Waals surface area contributed by atoms with Crippen LogP contribution in [0, 0.1) is 11.3 Å². The molecule has 6 rings (SSSR count). The molecule has 33 heavy (non-hydrogen) atoms. The van der Waals surface area contributed by atoms with Gasteiger partial charge in [-0.2, -0.15) is 5.26 Å². The Bertz CT molecular complexity index is 1340. The van der Waals surface area contributed by atoms with E-state index in [2.05, 4.69) is 45.9 Å². The number of rotatable bonds is 4. The first-order valence-electron chi connectivity index (χ1n) is 11.7. The van der Waals surface area contributed by atoms with Crippen molar-refractivity contribution in [3.63, 3.8) is 0 Å². The zero-order chi connectivity index (χ0) is 22.4. The summed E-state index contributed by atoms with van der Waals surface area (Å²) < 4.78 is 2.14. The molecule has 2 aromatic heterocycles. The molecule has 1 aliphatic carbocycles. The molecule has 6 heteroatoms. The van der Waals surface area contributed by atoms with E-state index in [1.54, 1.807) is 0 Å². The zero-order valence-corrected chi connectivity index (χ0v) is 18.5. The molecular formula is C27H26N6. The van der Waals surface area contributed by atoms with Gasteiger partial charge < -0.3 is 10.6 Å². The highest BCUT2D eigenvalue weighted by atomic mass is 15.2. The van der Waals surface area contributed by atoms with E-state index < -0.39 is 0 Å². The SMILES string of the molecule is N#Cc1ccc(-c2nc3c(N4CCC[C@@H](N)C4)ccnc3n2-c2ccc(C3CC3)cc2)cc1. The van der Waals surface area contributed by atoms with Crippen LogP contribution in [0.1, 0.15) is 42.7 Å². The molecule has 0 unspecified atom stereocenters. The molecule has 0 radical (unpaired) electrons. The van der Waals surface area contributed by atoms with Gasteiger partial charge in [-0.1, -0.05) is 12.1 Å². The highest BCUT2D eigenvalue weighted by Gasteiger charge is 2.25. The molecule has 4 aromatic rings. The van der Waals surface area contributed by atoms with Crippen molar-refractivity contribution in [2.24, 2.45) is 5.73 Å². The molecule has 1 atom stereocenters. The van der Waals surface area contributed by atoms with Gasteiger partial charge in [0, 0.05) is 36.6 Å². The van der Waals surface area contributed by atoms with E-state index in [0.29, 0.717) is 11.5 Å². The van der Waals surface area contributed by atoms with E-state index in [4.69, 9.17) is 15.7 Å². The third-order valence-corrected chi connectivity index (χ3v) is 6.80. The summed E-state index contributed by atoms with van der Waals surface area (Å²) in [4.78, 5) is 12.2. The van der Waals surface area contributed by atoms with Gasteiger partial charge in [0.1, 0.15) is 11.3 Å². The van der Waals surface area contributed by atoms with Crippen molar-refractivity contribution < 1.29 is 0 Å². The predicted molar refractivity (Wildman–Crippen MR) is 130 cm³/mol. The fourth-order valence-electron chi connectivity index (χ4n) is 4.89. The van der Waals surface area contributed by atoms with Crippen LogP contribution in [-0.4, -0.2) is 33.7 Å². The Morgan fingerprint density at radius 1 is 0.970 bits per heavy atom.